The van der Waals surface area contributed by atoms with Gasteiger partial charge in [-0.2, -0.15) is 0 Å². The summed E-state index contributed by atoms with van der Waals surface area (Å²) in [7, 11) is 0. The summed E-state index contributed by atoms with van der Waals surface area (Å²) in [5.41, 5.74) is 2.41. The fourth-order valence-corrected chi connectivity index (χ4v) is 4.42. The largest absolute Gasteiger partial charge is 0.351 e. The van der Waals surface area contributed by atoms with Crippen molar-refractivity contribution in [1.82, 2.24) is 14.9 Å². The predicted molar refractivity (Wildman–Crippen MR) is 102 cm³/mol. The molecule has 0 aromatic carbocycles. The van der Waals surface area contributed by atoms with Crippen LogP contribution in [0.5, 0.6) is 0 Å². The first kappa shape index (κ1) is 16.1. The van der Waals surface area contributed by atoms with Gasteiger partial charge in [0.1, 0.15) is 9.71 Å². The van der Waals surface area contributed by atoms with Crippen LogP contribution in [0.2, 0.25) is 0 Å². The number of fused-ring (bicyclic) bond motifs is 1. The van der Waals surface area contributed by atoms with E-state index in [-0.39, 0.29) is 5.91 Å². The number of nitrogens with one attached hydrogen (secondary N) is 1. The second-order valence-electron chi connectivity index (χ2n) is 6.34. The van der Waals surface area contributed by atoms with Crippen molar-refractivity contribution in [1.29, 1.82) is 0 Å². The number of carbonyl (C=O) groups excluding carboxylic acids is 1. The molecule has 3 heterocycles. The molecule has 0 aliphatic heterocycles. The summed E-state index contributed by atoms with van der Waals surface area (Å²) >= 11 is 1.46. The number of thiophene rings is 1. The second kappa shape index (κ2) is 7.23. The van der Waals surface area contributed by atoms with E-state index < -0.39 is 0 Å². The minimum atomic E-state index is -0.0110. The minimum Gasteiger partial charge on any atom is -0.351 e. The molecular weight excluding hydrogens is 330 g/mol. The SMILES string of the molecule is O=C(NCCC1=CCCCC1)c1sc2ncccc2c1-n1cccc1. The van der Waals surface area contributed by atoms with Gasteiger partial charge in [-0.05, 0) is 56.4 Å². The summed E-state index contributed by atoms with van der Waals surface area (Å²) in [6.45, 7) is 0.692. The van der Waals surface area contributed by atoms with Gasteiger partial charge >= 0.3 is 0 Å². The minimum absolute atomic E-state index is 0.0110. The predicted octanol–water partition coefficient (Wildman–Crippen LogP) is 4.71. The molecule has 1 amide bonds. The van der Waals surface area contributed by atoms with Crippen molar-refractivity contribution in [2.24, 2.45) is 0 Å². The summed E-state index contributed by atoms with van der Waals surface area (Å²) in [4.78, 5) is 18.9. The lowest BCUT2D eigenvalue weighted by Gasteiger charge is -2.13. The molecule has 3 aromatic rings. The third kappa shape index (κ3) is 3.37. The van der Waals surface area contributed by atoms with E-state index in [0.29, 0.717) is 6.54 Å². The van der Waals surface area contributed by atoms with Crippen LogP contribution >= 0.6 is 11.3 Å². The Morgan fingerprint density at radius 2 is 2.12 bits per heavy atom. The Labute approximate surface area is 151 Å². The average Bonchev–Trinajstić information content (AvgIpc) is 3.29. The summed E-state index contributed by atoms with van der Waals surface area (Å²) in [6.07, 6.45) is 13.9. The molecule has 0 fully saturated rings. The Kier molecular flexibility index (Phi) is 4.65. The lowest BCUT2D eigenvalue weighted by atomic mass is 9.97. The Morgan fingerprint density at radius 1 is 1.24 bits per heavy atom. The first-order valence-corrected chi connectivity index (χ1v) is 9.61. The van der Waals surface area contributed by atoms with Crippen molar-refractivity contribution in [3.63, 3.8) is 0 Å². The Bertz CT molecular complexity index is 908. The number of pyridine rings is 1. The number of amides is 1. The van der Waals surface area contributed by atoms with Crippen LogP contribution in [0.25, 0.3) is 15.9 Å². The van der Waals surface area contributed by atoms with Crippen LogP contribution < -0.4 is 5.32 Å². The lowest BCUT2D eigenvalue weighted by Crippen LogP contribution is -2.25. The Balaban J connectivity index is 1.56. The summed E-state index contributed by atoms with van der Waals surface area (Å²) in [6, 6.07) is 7.88. The number of aromatic nitrogens is 2. The van der Waals surface area contributed by atoms with Crippen LogP contribution in [0, 0.1) is 0 Å². The smallest absolute Gasteiger partial charge is 0.263 e. The zero-order valence-electron chi connectivity index (χ0n) is 14.1. The maximum Gasteiger partial charge on any atom is 0.263 e. The number of allylic oxidation sites excluding steroid dienone is 1. The van der Waals surface area contributed by atoms with E-state index in [0.717, 1.165) is 27.2 Å². The molecule has 0 saturated carbocycles. The van der Waals surface area contributed by atoms with Gasteiger partial charge in [0.05, 0.1) is 5.69 Å². The first-order valence-electron chi connectivity index (χ1n) is 8.80. The van der Waals surface area contributed by atoms with E-state index >= 15 is 0 Å². The molecular formula is C20H21N3OS. The normalized spacial score (nSPS) is 14.5. The van der Waals surface area contributed by atoms with E-state index in [1.165, 1.54) is 42.6 Å². The number of carbonyl (C=O) groups is 1. The van der Waals surface area contributed by atoms with Gasteiger partial charge in [-0.15, -0.1) is 11.3 Å². The molecule has 4 nitrogen and oxygen atoms in total. The highest BCUT2D eigenvalue weighted by Gasteiger charge is 2.20. The molecule has 0 unspecified atom stereocenters. The molecule has 1 aliphatic rings. The third-order valence-electron chi connectivity index (χ3n) is 4.63. The summed E-state index contributed by atoms with van der Waals surface area (Å²) < 4.78 is 2.00. The number of hydrogen-bond donors (Lipinski definition) is 1. The van der Waals surface area contributed by atoms with Crippen molar-refractivity contribution in [2.75, 3.05) is 6.54 Å². The third-order valence-corrected chi connectivity index (χ3v) is 5.73. The van der Waals surface area contributed by atoms with Crippen LogP contribution in [-0.4, -0.2) is 22.0 Å². The first-order chi connectivity index (χ1) is 12.3. The van der Waals surface area contributed by atoms with E-state index in [9.17, 15) is 4.79 Å². The van der Waals surface area contributed by atoms with Gasteiger partial charge in [0.25, 0.3) is 5.91 Å². The molecule has 3 aromatic heterocycles. The van der Waals surface area contributed by atoms with Crippen molar-refractivity contribution < 1.29 is 4.79 Å². The summed E-state index contributed by atoms with van der Waals surface area (Å²) in [5, 5.41) is 4.12. The maximum atomic E-state index is 12.8. The zero-order chi connectivity index (χ0) is 17.1. The molecule has 0 bridgehead atoms. The topological polar surface area (TPSA) is 46.9 Å². The number of rotatable bonds is 5. The molecule has 0 radical (unpaired) electrons. The van der Waals surface area contributed by atoms with Gasteiger partial charge in [0, 0.05) is 30.5 Å². The molecule has 4 rings (SSSR count). The fourth-order valence-electron chi connectivity index (χ4n) is 3.36. The van der Waals surface area contributed by atoms with Gasteiger partial charge in [-0.3, -0.25) is 4.79 Å². The molecule has 0 saturated heterocycles. The van der Waals surface area contributed by atoms with Gasteiger partial charge in [0.2, 0.25) is 0 Å². The molecule has 1 aliphatic carbocycles. The molecule has 0 atom stereocenters. The standard InChI is InChI=1S/C20H21N3OS/c24-19(21-12-10-15-7-2-1-3-8-15)18-17(23-13-4-5-14-23)16-9-6-11-22-20(16)25-18/h4-7,9,11,13-14H,1-3,8,10,12H2,(H,21,24). The van der Waals surface area contributed by atoms with Crippen LogP contribution in [0.1, 0.15) is 41.8 Å². The highest BCUT2D eigenvalue weighted by molar-refractivity contribution is 7.21. The number of nitrogens with zero attached hydrogens (tertiary/aromatic N) is 2. The maximum absolute atomic E-state index is 12.8. The van der Waals surface area contributed by atoms with Gasteiger partial charge in [-0.25, -0.2) is 4.98 Å². The van der Waals surface area contributed by atoms with E-state index in [1.54, 1.807) is 6.20 Å². The Morgan fingerprint density at radius 3 is 2.92 bits per heavy atom. The van der Waals surface area contributed by atoms with E-state index in [1.807, 2.05) is 41.2 Å². The highest BCUT2D eigenvalue weighted by atomic mass is 32.1. The van der Waals surface area contributed by atoms with Crippen molar-refractivity contribution in [3.8, 4) is 5.69 Å². The van der Waals surface area contributed by atoms with Crippen molar-refractivity contribution in [2.45, 2.75) is 32.1 Å². The summed E-state index contributed by atoms with van der Waals surface area (Å²) in [5.74, 6) is -0.0110. The number of hydrogen-bond acceptors (Lipinski definition) is 3. The monoisotopic (exact) mass is 351 g/mol. The molecule has 5 heteroatoms. The quantitative estimate of drug-likeness (QED) is 0.677. The molecule has 1 N–H and O–H groups in total. The van der Waals surface area contributed by atoms with Crippen LogP contribution in [0.4, 0.5) is 0 Å². The van der Waals surface area contributed by atoms with E-state index in [4.69, 9.17) is 0 Å². The second-order valence-corrected chi connectivity index (χ2v) is 7.34. The van der Waals surface area contributed by atoms with Crippen molar-refractivity contribution >= 4 is 27.5 Å². The highest BCUT2D eigenvalue weighted by Crippen LogP contribution is 2.33. The van der Waals surface area contributed by atoms with Crippen LogP contribution in [0.3, 0.4) is 0 Å². The van der Waals surface area contributed by atoms with Gasteiger partial charge in [0.15, 0.2) is 0 Å². The van der Waals surface area contributed by atoms with Crippen LogP contribution in [-0.2, 0) is 0 Å². The fraction of sp³-hybridized carbons (Fsp3) is 0.300. The lowest BCUT2D eigenvalue weighted by molar-refractivity contribution is 0.0958. The van der Waals surface area contributed by atoms with E-state index in [2.05, 4.69) is 16.4 Å². The van der Waals surface area contributed by atoms with Gasteiger partial charge in [-0.1, -0.05) is 11.6 Å². The Hall–Kier alpha value is -2.40. The van der Waals surface area contributed by atoms with Gasteiger partial charge < -0.3 is 9.88 Å². The molecule has 128 valence electrons. The average molecular weight is 351 g/mol. The van der Waals surface area contributed by atoms with Crippen LogP contribution in [0.15, 0.2) is 54.5 Å². The zero-order valence-corrected chi connectivity index (χ0v) is 14.9. The van der Waals surface area contributed by atoms with Crippen molar-refractivity contribution in [3.05, 3.63) is 59.4 Å². The molecule has 0 spiro atoms. The molecule has 25 heavy (non-hydrogen) atoms.